The Labute approximate surface area is 143 Å². The van der Waals surface area contributed by atoms with Crippen molar-refractivity contribution in [2.45, 2.75) is 38.1 Å². The maximum absolute atomic E-state index is 12.8. The minimum atomic E-state index is 0.159. The van der Waals surface area contributed by atoms with E-state index in [1.165, 1.54) is 25.7 Å². The van der Waals surface area contributed by atoms with Gasteiger partial charge in [-0.2, -0.15) is 5.10 Å². The zero-order chi connectivity index (χ0) is 16.4. The van der Waals surface area contributed by atoms with Gasteiger partial charge in [-0.15, -0.1) is 0 Å². The van der Waals surface area contributed by atoms with E-state index in [0.29, 0.717) is 12.0 Å². The lowest BCUT2D eigenvalue weighted by Crippen LogP contribution is -2.46. The molecule has 0 unspecified atom stereocenters. The Morgan fingerprint density at radius 2 is 2.00 bits per heavy atom. The van der Waals surface area contributed by atoms with Gasteiger partial charge in [0, 0.05) is 38.9 Å². The number of likely N-dealkylation sites (tertiary alicyclic amines) is 1. The van der Waals surface area contributed by atoms with Crippen molar-refractivity contribution in [1.82, 2.24) is 19.6 Å². The zero-order valence-corrected chi connectivity index (χ0v) is 14.4. The lowest BCUT2D eigenvalue weighted by molar-refractivity contribution is 0.0224. The van der Waals surface area contributed by atoms with Gasteiger partial charge in [-0.25, -0.2) is 0 Å². The number of morpholine rings is 1. The van der Waals surface area contributed by atoms with E-state index in [2.05, 4.69) is 10.00 Å². The lowest BCUT2D eigenvalue weighted by atomic mass is 9.93. The van der Waals surface area contributed by atoms with Crippen LogP contribution in [0, 0.1) is 5.92 Å². The second kappa shape index (κ2) is 7.23. The number of hydrogen-bond acceptors (Lipinski definition) is 4. The Kier molecular flexibility index (Phi) is 4.85. The van der Waals surface area contributed by atoms with E-state index in [4.69, 9.17) is 4.74 Å². The van der Waals surface area contributed by atoms with Crippen LogP contribution in [0.2, 0.25) is 0 Å². The standard InChI is InChI=1S/C18H28N4O2/c23-18(16-11-19-22(14-16)17-4-1-5-17)21-6-2-3-15(13-21)12-20-7-9-24-10-8-20/h11,14-15,17H,1-10,12-13H2/t15-/m0/s1. The molecule has 0 aromatic carbocycles. The molecule has 4 rings (SSSR count). The van der Waals surface area contributed by atoms with Crippen molar-refractivity contribution < 1.29 is 9.53 Å². The molecule has 3 heterocycles. The van der Waals surface area contributed by atoms with Gasteiger partial charge in [-0.1, -0.05) is 0 Å². The largest absolute Gasteiger partial charge is 0.379 e. The molecule has 1 atom stereocenters. The molecular weight excluding hydrogens is 304 g/mol. The SMILES string of the molecule is O=C(c1cnn(C2CCC2)c1)N1CCC[C@@H](CN2CCOCC2)C1. The summed E-state index contributed by atoms with van der Waals surface area (Å²) in [4.78, 5) is 17.3. The molecule has 2 aliphatic heterocycles. The third-order valence-electron chi connectivity index (χ3n) is 5.72. The van der Waals surface area contributed by atoms with Gasteiger partial charge in [0.2, 0.25) is 0 Å². The molecule has 2 saturated heterocycles. The van der Waals surface area contributed by atoms with Crippen molar-refractivity contribution in [1.29, 1.82) is 0 Å². The Morgan fingerprint density at radius 3 is 2.75 bits per heavy atom. The normalized spacial score (nSPS) is 26.3. The number of piperidine rings is 1. The molecule has 0 radical (unpaired) electrons. The van der Waals surface area contributed by atoms with Gasteiger partial charge in [0.1, 0.15) is 0 Å². The summed E-state index contributed by atoms with van der Waals surface area (Å²) in [6, 6.07) is 0.516. The average molecular weight is 332 g/mol. The topological polar surface area (TPSA) is 50.6 Å². The molecule has 0 spiro atoms. The molecule has 1 aliphatic carbocycles. The van der Waals surface area contributed by atoms with Crippen LogP contribution in [0.1, 0.15) is 48.5 Å². The first-order valence-electron chi connectivity index (χ1n) is 9.43. The van der Waals surface area contributed by atoms with Crippen LogP contribution in [0.4, 0.5) is 0 Å². The van der Waals surface area contributed by atoms with Crippen LogP contribution >= 0.6 is 0 Å². The first-order chi connectivity index (χ1) is 11.8. The van der Waals surface area contributed by atoms with Crippen LogP contribution in [-0.4, -0.2) is 71.4 Å². The number of nitrogens with zero attached hydrogens (tertiary/aromatic N) is 4. The molecule has 0 N–H and O–H groups in total. The van der Waals surface area contributed by atoms with Gasteiger partial charge in [0.15, 0.2) is 0 Å². The summed E-state index contributed by atoms with van der Waals surface area (Å²) >= 11 is 0. The first kappa shape index (κ1) is 16.1. The summed E-state index contributed by atoms with van der Waals surface area (Å²) in [6.45, 7) is 6.59. The number of carbonyl (C=O) groups excluding carboxylic acids is 1. The third-order valence-corrected chi connectivity index (χ3v) is 5.72. The quantitative estimate of drug-likeness (QED) is 0.843. The van der Waals surface area contributed by atoms with Crippen LogP contribution in [-0.2, 0) is 4.74 Å². The predicted molar refractivity (Wildman–Crippen MR) is 91.0 cm³/mol. The molecule has 1 aromatic rings. The smallest absolute Gasteiger partial charge is 0.257 e. The van der Waals surface area contributed by atoms with Crippen LogP contribution in [0.25, 0.3) is 0 Å². The van der Waals surface area contributed by atoms with E-state index in [1.54, 1.807) is 6.20 Å². The third kappa shape index (κ3) is 3.49. The second-order valence-electron chi connectivity index (χ2n) is 7.47. The van der Waals surface area contributed by atoms with Gasteiger partial charge in [-0.3, -0.25) is 14.4 Å². The molecule has 1 amide bonds. The fraction of sp³-hybridized carbons (Fsp3) is 0.778. The molecular formula is C18H28N4O2. The molecule has 3 fully saturated rings. The number of rotatable bonds is 4. The van der Waals surface area contributed by atoms with Crippen molar-refractivity contribution in [2.75, 3.05) is 45.9 Å². The highest BCUT2D eigenvalue weighted by Crippen LogP contribution is 2.31. The molecule has 6 heteroatoms. The highest BCUT2D eigenvalue weighted by atomic mass is 16.5. The summed E-state index contributed by atoms with van der Waals surface area (Å²) in [5.74, 6) is 0.745. The van der Waals surface area contributed by atoms with E-state index in [9.17, 15) is 4.79 Å². The van der Waals surface area contributed by atoms with E-state index >= 15 is 0 Å². The first-order valence-corrected chi connectivity index (χ1v) is 9.43. The second-order valence-corrected chi connectivity index (χ2v) is 7.47. The Bertz CT molecular complexity index is 563. The fourth-order valence-corrected chi connectivity index (χ4v) is 4.03. The summed E-state index contributed by atoms with van der Waals surface area (Å²) in [7, 11) is 0. The van der Waals surface area contributed by atoms with Gasteiger partial charge in [0.05, 0.1) is 31.0 Å². The predicted octanol–water partition coefficient (Wildman–Crippen LogP) is 1.79. The highest BCUT2D eigenvalue weighted by Gasteiger charge is 2.28. The van der Waals surface area contributed by atoms with Gasteiger partial charge in [0.25, 0.3) is 5.91 Å². The number of carbonyl (C=O) groups is 1. The number of hydrogen-bond donors (Lipinski definition) is 0. The van der Waals surface area contributed by atoms with Gasteiger partial charge >= 0.3 is 0 Å². The van der Waals surface area contributed by atoms with E-state index in [-0.39, 0.29) is 5.91 Å². The van der Waals surface area contributed by atoms with Crippen molar-refractivity contribution in [2.24, 2.45) is 5.92 Å². The number of amides is 1. The monoisotopic (exact) mass is 332 g/mol. The minimum Gasteiger partial charge on any atom is -0.379 e. The van der Waals surface area contributed by atoms with Gasteiger partial charge in [-0.05, 0) is 38.0 Å². The number of ether oxygens (including phenoxy) is 1. The summed E-state index contributed by atoms with van der Waals surface area (Å²) in [5.41, 5.74) is 0.758. The van der Waals surface area contributed by atoms with Crippen LogP contribution < -0.4 is 0 Å². The molecule has 1 aromatic heterocycles. The van der Waals surface area contributed by atoms with Crippen LogP contribution in [0.3, 0.4) is 0 Å². The highest BCUT2D eigenvalue weighted by molar-refractivity contribution is 5.93. The van der Waals surface area contributed by atoms with Crippen molar-refractivity contribution in [3.8, 4) is 0 Å². The van der Waals surface area contributed by atoms with Crippen LogP contribution in [0.5, 0.6) is 0 Å². The summed E-state index contributed by atoms with van der Waals surface area (Å²) in [5, 5.41) is 4.41. The number of aromatic nitrogens is 2. The van der Waals surface area contributed by atoms with E-state index in [1.807, 2.05) is 15.8 Å². The molecule has 0 bridgehead atoms. The summed E-state index contributed by atoms with van der Waals surface area (Å²) < 4.78 is 7.42. The summed E-state index contributed by atoms with van der Waals surface area (Å²) in [6.07, 6.45) is 9.72. The Balaban J connectivity index is 1.34. The molecule has 132 valence electrons. The molecule has 3 aliphatic rings. The average Bonchev–Trinajstić information content (AvgIpc) is 3.03. The maximum atomic E-state index is 12.8. The molecule has 6 nitrogen and oxygen atoms in total. The Hall–Kier alpha value is -1.40. The minimum absolute atomic E-state index is 0.159. The maximum Gasteiger partial charge on any atom is 0.257 e. The van der Waals surface area contributed by atoms with E-state index in [0.717, 1.165) is 57.9 Å². The van der Waals surface area contributed by atoms with Gasteiger partial charge < -0.3 is 9.64 Å². The molecule has 1 saturated carbocycles. The zero-order valence-electron chi connectivity index (χ0n) is 14.4. The lowest BCUT2D eigenvalue weighted by Gasteiger charge is -2.36. The fourth-order valence-electron chi connectivity index (χ4n) is 4.03. The Morgan fingerprint density at radius 1 is 1.17 bits per heavy atom. The van der Waals surface area contributed by atoms with Crippen LogP contribution in [0.15, 0.2) is 12.4 Å². The van der Waals surface area contributed by atoms with Crippen molar-refractivity contribution in [3.05, 3.63) is 18.0 Å². The van der Waals surface area contributed by atoms with Crippen molar-refractivity contribution in [3.63, 3.8) is 0 Å². The molecule has 24 heavy (non-hydrogen) atoms. The van der Waals surface area contributed by atoms with E-state index < -0.39 is 0 Å². The van der Waals surface area contributed by atoms with Crippen molar-refractivity contribution >= 4 is 5.91 Å².